The topological polar surface area (TPSA) is 37.4 Å². The van der Waals surface area contributed by atoms with E-state index in [1.165, 1.54) is 32.1 Å². The van der Waals surface area contributed by atoms with Crippen LogP contribution >= 0.6 is 12.6 Å². The van der Waals surface area contributed by atoms with Gasteiger partial charge in [-0.2, -0.15) is 12.6 Å². The first-order chi connectivity index (χ1) is 11.0. The van der Waals surface area contributed by atoms with E-state index in [1.807, 2.05) is 0 Å². The predicted octanol–water partition coefficient (Wildman–Crippen LogP) is 4.14. The van der Waals surface area contributed by atoms with Crippen LogP contribution in [0.3, 0.4) is 0 Å². The summed E-state index contributed by atoms with van der Waals surface area (Å²) < 4.78 is 24.6. The highest BCUT2D eigenvalue weighted by Gasteiger charge is 2.48. The molecule has 5 unspecified atom stereocenters. The summed E-state index contributed by atoms with van der Waals surface area (Å²) >= 11 is 5.12. The van der Waals surface area contributed by atoms with Gasteiger partial charge in [-0.1, -0.05) is 27.2 Å². The summed E-state index contributed by atoms with van der Waals surface area (Å²) in [4.78, 5) is 2.47. The molecule has 140 valence electrons. The highest BCUT2D eigenvalue weighted by Crippen LogP contribution is 2.48. The molecule has 3 saturated heterocycles. The van der Waals surface area contributed by atoms with Gasteiger partial charge in [0.1, 0.15) is 0 Å². The van der Waals surface area contributed by atoms with Crippen LogP contribution in [0.2, 0.25) is 0 Å². The lowest BCUT2D eigenvalue weighted by Gasteiger charge is -2.49. The molecule has 3 heterocycles. The monoisotopic (exact) mass is 373 g/mol. The molecule has 3 aliphatic heterocycles. The Labute approximate surface area is 154 Å². The molecule has 3 fully saturated rings. The van der Waals surface area contributed by atoms with Gasteiger partial charge in [0, 0.05) is 12.1 Å². The van der Waals surface area contributed by atoms with E-state index in [0.717, 1.165) is 12.8 Å². The van der Waals surface area contributed by atoms with Crippen LogP contribution in [-0.2, 0) is 9.84 Å². The molecule has 3 nitrogen and oxygen atoms in total. The van der Waals surface area contributed by atoms with E-state index in [0.29, 0.717) is 29.5 Å². The summed E-state index contributed by atoms with van der Waals surface area (Å²) in [5.41, 5.74) is 0.158. The number of sulfone groups is 1. The van der Waals surface area contributed by atoms with Crippen molar-refractivity contribution in [3.63, 3.8) is 0 Å². The quantitative estimate of drug-likeness (QED) is 0.756. The maximum atomic E-state index is 12.3. The van der Waals surface area contributed by atoms with Crippen molar-refractivity contribution in [1.29, 1.82) is 0 Å². The Kier molecular flexibility index (Phi) is 5.12. The van der Waals surface area contributed by atoms with Crippen LogP contribution in [0.15, 0.2) is 0 Å². The van der Waals surface area contributed by atoms with Gasteiger partial charge < -0.3 is 0 Å². The third kappa shape index (κ3) is 3.83. The second kappa shape index (κ2) is 6.45. The molecule has 0 aromatic carbocycles. The van der Waals surface area contributed by atoms with Crippen LogP contribution < -0.4 is 0 Å². The summed E-state index contributed by atoms with van der Waals surface area (Å²) in [6.45, 7) is 9.04. The molecule has 2 bridgehead atoms. The lowest BCUT2D eigenvalue weighted by molar-refractivity contribution is 0.0448. The Morgan fingerprint density at radius 1 is 1.00 bits per heavy atom. The van der Waals surface area contributed by atoms with Crippen molar-refractivity contribution < 1.29 is 8.42 Å². The molecule has 5 atom stereocenters. The second-order valence-electron chi connectivity index (χ2n) is 9.78. The van der Waals surface area contributed by atoms with Crippen molar-refractivity contribution in [2.24, 2.45) is 17.3 Å². The molecule has 0 N–H and O–H groups in total. The minimum absolute atomic E-state index is 0.158. The average Bonchev–Trinajstić information content (AvgIpc) is 2.68. The molecule has 24 heavy (non-hydrogen) atoms. The molecule has 0 aromatic rings. The number of hydrogen-bond acceptors (Lipinski definition) is 4. The molecule has 0 radical (unpaired) electrons. The molecule has 0 aromatic heterocycles. The smallest absolute Gasteiger partial charge is 0.150 e. The lowest BCUT2D eigenvalue weighted by Crippen LogP contribution is -2.54. The largest absolute Gasteiger partial charge is 0.283 e. The zero-order chi connectivity index (χ0) is 17.8. The Morgan fingerprint density at radius 2 is 1.58 bits per heavy atom. The standard InChI is InChI=1S/C19H35NO2S2/c1-18(2,3)17-10-11-24(21,22)13-14(17)12-19(4,23)20-15-6-5-7-16(20)9-8-15/h14-17,23H,5-13H2,1-4H3. The van der Waals surface area contributed by atoms with Crippen molar-refractivity contribution >= 4 is 22.5 Å². The summed E-state index contributed by atoms with van der Waals surface area (Å²) in [6, 6.07) is 1.33. The number of fused-ring (bicyclic) bond motifs is 2. The van der Waals surface area contributed by atoms with Crippen molar-refractivity contribution in [3.8, 4) is 0 Å². The lowest BCUT2D eigenvalue weighted by atomic mass is 9.70. The fourth-order valence-electron chi connectivity index (χ4n) is 5.91. The number of rotatable bonds is 3. The number of hydrogen-bond donors (Lipinski definition) is 1. The van der Waals surface area contributed by atoms with Crippen molar-refractivity contribution in [2.45, 2.75) is 89.6 Å². The van der Waals surface area contributed by atoms with E-state index in [1.54, 1.807) is 0 Å². The molecule has 0 amide bonds. The second-order valence-corrected chi connectivity index (χ2v) is 13.0. The van der Waals surface area contributed by atoms with E-state index < -0.39 is 9.84 Å². The Hall–Kier alpha value is 0.260. The van der Waals surface area contributed by atoms with Crippen LogP contribution in [-0.4, -0.2) is 41.8 Å². The van der Waals surface area contributed by atoms with Gasteiger partial charge in [-0.05, 0) is 62.7 Å². The van der Waals surface area contributed by atoms with Gasteiger partial charge in [-0.15, -0.1) is 0 Å². The van der Waals surface area contributed by atoms with Crippen molar-refractivity contribution in [3.05, 3.63) is 0 Å². The van der Waals surface area contributed by atoms with Gasteiger partial charge in [-0.3, -0.25) is 4.90 Å². The van der Waals surface area contributed by atoms with Crippen LogP contribution in [0.4, 0.5) is 0 Å². The molecule has 3 aliphatic rings. The predicted molar refractivity (Wildman–Crippen MR) is 104 cm³/mol. The molecular formula is C19H35NO2S2. The maximum absolute atomic E-state index is 12.3. The first-order valence-electron chi connectivity index (χ1n) is 9.71. The summed E-state index contributed by atoms with van der Waals surface area (Å²) in [5.74, 6) is 1.42. The summed E-state index contributed by atoms with van der Waals surface area (Å²) in [6.07, 6.45) is 8.23. The zero-order valence-electron chi connectivity index (χ0n) is 15.8. The van der Waals surface area contributed by atoms with Crippen molar-refractivity contribution in [2.75, 3.05) is 11.5 Å². The SMILES string of the molecule is CC(C)(C)C1CCS(=O)(=O)CC1CC(C)(S)N1C2CCCC1CC2. The van der Waals surface area contributed by atoms with E-state index in [2.05, 4.69) is 32.6 Å². The van der Waals surface area contributed by atoms with E-state index in [-0.39, 0.29) is 16.2 Å². The maximum Gasteiger partial charge on any atom is 0.150 e. The third-order valence-corrected chi connectivity index (χ3v) is 9.00. The first-order valence-corrected chi connectivity index (χ1v) is 12.0. The van der Waals surface area contributed by atoms with Gasteiger partial charge in [0.15, 0.2) is 9.84 Å². The number of thiol groups is 1. The highest BCUT2D eigenvalue weighted by molar-refractivity contribution is 7.91. The Bertz CT molecular complexity index is 548. The highest BCUT2D eigenvalue weighted by atomic mass is 32.2. The first kappa shape index (κ1) is 19.0. The molecule has 5 heteroatoms. The summed E-state index contributed by atoms with van der Waals surface area (Å²) in [7, 11) is -2.89. The van der Waals surface area contributed by atoms with Crippen LogP contribution in [0.1, 0.15) is 72.6 Å². The van der Waals surface area contributed by atoms with Gasteiger partial charge in [0.2, 0.25) is 0 Å². The minimum Gasteiger partial charge on any atom is -0.283 e. The number of piperidine rings is 1. The average molecular weight is 374 g/mol. The van der Waals surface area contributed by atoms with Crippen LogP contribution in [0, 0.1) is 17.3 Å². The Balaban J connectivity index is 1.80. The molecule has 0 aliphatic carbocycles. The number of nitrogens with zero attached hydrogens (tertiary/aromatic N) is 1. The Morgan fingerprint density at radius 3 is 2.12 bits per heavy atom. The molecule has 3 rings (SSSR count). The molecular weight excluding hydrogens is 338 g/mol. The van der Waals surface area contributed by atoms with E-state index in [4.69, 9.17) is 12.6 Å². The van der Waals surface area contributed by atoms with Gasteiger partial charge >= 0.3 is 0 Å². The zero-order valence-corrected chi connectivity index (χ0v) is 17.5. The van der Waals surface area contributed by atoms with Gasteiger partial charge in [0.25, 0.3) is 0 Å². The van der Waals surface area contributed by atoms with Crippen LogP contribution in [0.25, 0.3) is 0 Å². The summed E-state index contributed by atoms with van der Waals surface area (Å²) in [5, 5.41) is 0. The van der Waals surface area contributed by atoms with Gasteiger partial charge in [0.05, 0.1) is 16.4 Å². The molecule has 0 spiro atoms. The van der Waals surface area contributed by atoms with Crippen molar-refractivity contribution in [1.82, 2.24) is 4.90 Å². The third-order valence-electron chi connectivity index (χ3n) is 6.79. The van der Waals surface area contributed by atoms with Crippen LogP contribution in [0.5, 0.6) is 0 Å². The fourth-order valence-corrected chi connectivity index (χ4v) is 8.26. The van der Waals surface area contributed by atoms with E-state index in [9.17, 15) is 8.42 Å². The fraction of sp³-hybridized carbons (Fsp3) is 1.00. The van der Waals surface area contributed by atoms with Gasteiger partial charge in [-0.25, -0.2) is 8.42 Å². The van der Waals surface area contributed by atoms with E-state index >= 15 is 0 Å². The minimum atomic E-state index is -2.89. The molecule has 0 saturated carbocycles. The normalized spacial score (nSPS) is 39.5.